The van der Waals surface area contributed by atoms with Gasteiger partial charge in [-0.25, -0.2) is 13.6 Å². The van der Waals surface area contributed by atoms with Gasteiger partial charge in [0.2, 0.25) is 17.7 Å². The zero-order chi connectivity index (χ0) is 28.8. The topological polar surface area (TPSA) is 140 Å². The second kappa shape index (κ2) is 16.0. The summed E-state index contributed by atoms with van der Waals surface area (Å²) in [6.45, 7) is 5.92. The van der Waals surface area contributed by atoms with Crippen LogP contribution in [0.2, 0.25) is 1.41 Å². The number of benzene rings is 1. The lowest BCUT2D eigenvalue weighted by Gasteiger charge is -2.24. The third-order valence-electron chi connectivity index (χ3n) is 4.80. The second-order valence-electron chi connectivity index (χ2n) is 8.09. The molecule has 0 saturated heterocycles. The fourth-order valence-corrected chi connectivity index (χ4v) is 2.97. The van der Waals surface area contributed by atoms with Crippen molar-refractivity contribution >= 4 is 35.7 Å². The molecule has 0 radical (unpaired) electrons. The van der Waals surface area contributed by atoms with Crippen LogP contribution >= 0.6 is 0 Å². The van der Waals surface area contributed by atoms with Gasteiger partial charge in [-0.05, 0) is 50.0 Å². The molecule has 3 N–H and O–H groups in total. The van der Waals surface area contributed by atoms with Crippen molar-refractivity contribution in [1.29, 1.82) is 0 Å². The number of amides is 3. The van der Waals surface area contributed by atoms with Crippen LogP contribution < -0.4 is 15.9 Å². The van der Waals surface area contributed by atoms with Crippen LogP contribution in [0.25, 0.3) is 6.08 Å². The van der Waals surface area contributed by atoms with Crippen LogP contribution in [0, 0.1) is 17.6 Å². The molecule has 0 unspecified atom stereocenters. The molecule has 10 nitrogen and oxygen atoms in total. The van der Waals surface area contributed by atoms with E-state index in [1.54, 1.807) is 27.7 Å². The fourth-order valence-electron chi connectivity index (χ4n) is 2.97. The number of ether oxygens (including phenoxy) is 2. The van der Waals surface area contributed by atoms with E-state index in [2.05, 4.69) is 10.6 Å². The number of hydrogen-bond acceptors (Lipinski definition) is 7. The van der Waals surface area contributed by atoms with E-state index in [0.717, 1.165) is 18.2 Å². The molecule has 0 aliphatic rings. The number of carbonyl (C=O) groups is 5. The van der Waals surface area contributed by atoms with E-state index in [9.17, 15) is 32.8 Å². The maximum atomic E-state index is 13.3. The monoisotopic (exact) mass is 526 g/mol. The summed E-state index contributed by atoms with van der Waals surface area (Å²) in [5.74, 6) is -6.53. The van der Waals surface area contributed by atoms with Gasteiger partial charge < -0.3 is 25.4 Å². The normalized spacial score (nSPS) is 12.9. The molecule has 0 aliphatic carbocycles. The van der Waals surface area contributed by atoms with E-state index in [4.69, 9.17) is 10.9 Å². The Balaban J connectivity index is 2.81. The van der Waals surface area contributed by atoms with E-state index in [-0.39, 0.29) is 31.6 Å². The smallest absolute Gasteiger partial charge is 0.328 e. The second-order valence-corrected chi connectivity index (χ2v) is 8.09. The maximum absolute atomic E-state index is 13.3. The Morgan fingerprint density at radius 1 is 1.05 bits per heavy atom. The van der Waals surface area contributed by atoms with Crippen LogP contribution in [0.15, 0.2) is 24.3 Å². The van der Waals surface area contributed by atoms with Crippen LogP contribution in [0.1, 0.15) is 46.1 Å². The molecule has 0 spiro atoms. The van der Waals surface area contributed by atoms with E-state index in [1.165, 1.54) is 12.1 Å². The number of carbonyl (C=O) groups excluding carboxylic acids is 5. The highest BCUT2D eigenvalue weighted by Crippen LogP contribution is 2.10. The standard InChI is InChI=1S/C25H33F2N3O7/c1-5-36-22(33)12-10-19(25(35)37-6-2)29-24(34)23(15(3)4)30-21(32)14-28-20(31)11-8-16-7-9-17(26)18(27)13-16/h7-9,11,13,15,19,23H,5-6,10,12,14H2,1-4H3,(H,28,31)(H,29,34)(H,30,32)/b11-8+/t19-,23-/m0/s1/i/hD. The van der Waals surface area contributed by atoms with Crippen molar-refractivity contribution in [3.05, 3.63) is 41.5 Å². The van der Waals surface area contributed by atoms with Gasteiger partial charge in [-0.2, -0.15) is 0 Å². The predicted molar refractivity (Wildman–Crippen MR) is 130 cm³/mol. The molecule has 2 atom stereocenters. The number of esters is 2. The average molecular weight is 527 g/mol. The minimum Gasteiger partial charge on any atom is -0.466 e. The lowest BCUT2D eigenvalue weighted by molar-refractivity contribution is -0.149. The third kappa shape index (κ3) is 11.6. The van der Waals surface area contributed by atoms with Crippen LogP contribution in [0.5, 0.6) is 0 Å². The first-order valence-corrected chi connectivity index (χ1v) is 11.8. The zero-order valence-electron chi connectivity index (χ0n) is 22.2. The largest absolute Gasteiger partial charge is 0.466 e. The number of nitrogens with one attached hydrogen (secondary N) is 3. The van der Waals surface area contributed by atoms with Crippen molar-refractivity contribution in [2.45, 2.75) is 52.6 Å². The molecule has 1 rings (SSSR count). The summed E-state index contributed by atoms with van der Waals surface area (Å²) in [6.07, 6.45) is 1.92. The molecule has 3 amide bonds. The Morgan fingerprint density at radius 3 is 2.32 bits per heavy atom. The molecule has 0 aliphatic heterocycles. The number of halogens is 2. The minimum atomic E-state index is -1.34. The van der Waals surface area contributed by atoms with Gasteiger partial charge >= 0.3 is 11.9 Å². The molecule has 0 saturated carbocycles. The zero-order valence-corrected chi connectivity index (χ0v) is 21.2. The summed E-state index contributed by atoms with van der Waals surface area (Å²) < 4.78 is 44.2. The first kappa shape index (κ1) is 29.4. The summed E-state index contributed by atoms with van der Waals surface area (Å²) in [7, 11) is 0. The summed E-state index contributed by atoms with van der Waals surface area (Å²) in [4.78, 5) is 61.5. The molecule has 12 heteroatoms. The number of rotatable bonds is 14. The summed E-state index contributed by atoms with van der Waals surface area (Å²) in [5, 5.41) is 5.08. The molecule has 0 aromatic heterocycles. The Labute approximate surface area is 215 Å². The lowest BCUT2D eigenvalue weighted by Crippen LogP contribution is -2.55. The Hall–Kier alpha value is -3.83. The van der Waals surface area contributed by atoms with Gasteiger partial charge in [0, 0.05) is 12.5 Å². The first-order valence-electron chi connectivity index (χ1n) is 12.2. The summed E-state index contributed by atoms with van der Waals surface area (Å²) >= 11 is 0. The van der Waals surface area contributed by atoms with Crippen molar-refractivity contribution < 1.29 is 43.6 Å². The van der Waals surface area contributed by atoms with Crippen LogP contribution in [-0.4, -0.2) is 61.5 Å². The molecule has 0 heterocycles. The Kier molecular flexibility index (Phi) is 12.7. The van der Waals surface area contributed by atoms with Gasteiger partial charge in [-0.15, -0.1) is 0 Å². The summed E-state index contributed by atoms with van der Waals surface area (Å²) in [6, 6.07) is 0.489. The van der Waals surface area contributed by atoms with Gasteiger partial charge in [0.15, 0.2) is 13.0 Å². The molecule has 0 fully saturated rings. The SMILES string of the molecule is [2H]N(C(=O)CNC(=O)/C=C/c1ccc(F)c(F)c1)[C@H](C(=O)N[C@@H](CCC(=O)OCC)C(=O)OCC)C(C)C. The molecular weight excluding hydrogens is 492 g/mol. The van der Waals surface area contributed by atoms with Crippen molar-refractivity contribution in [2.75, 3.05) is 19.8 Å². The van der Waals surface area contributed by atoms with Gasteiger partial charge in [0.1, 0.15) is 12.1 Å². The fraction of sp³-hybridized carbons (Fsp3) is 0.480. The van der Waals surface area contributed by atoms with E-state index in [1.807, 2.05) is 0 Å². The lowest BCUT2D eigenvalue weighted by atomic mass is 10.0. The van der Waals surface area contributed by atoms with Gasteiger partial charge in [-0.1, -0.05) is 19.9 Å². The maximum Gasteiger partial charge on any atom is 0.328 e. The first-order chi connectivity index (χ1) is 17.9. The predicted octanol–water partition coefficient (Wildman–Crippen LogP) is 1.63. The average Bonchev–Trinajstić information content (AvgIpc) is 2.85. The van der Waals surface area contributed by atoms with Crippen LogP contribution in [-0.2, 0) is 33.4 Å². The molecule has 37 heavy (non-hydrogen) atoms. The quantitative estimate of drug-likeness (QED) is 0.247. The molecule has 204 valence electrons. The summed E-state index contributed by atoms with van der Waals surface area (Å²) in [5.41, 5.74) is 0.211. The van der Waals surface area contributed by atoms with Gasteiger partial charge in [-0.3, -0.25) is 19.2 Å². The molecule has 0 bridgehead atoms. The van der Waals surface area contributed by atoms with Crippen molar-refractivity contribution in [3.8, 4) is 0 Å². The van der Waals surface area contributed by atoms with Crippen LogP contribution in [0.4, 0.5) is 8.78 Å². The van der Waals surface area contributed by atoms with Crippen LogP contribution in [0.3, 0.4) is 0 Å². The highest BCUT2D eigenvalue weighted by atomic mass is 19.2. The highest BCUT2D eigenvalue weighted by Gasteiger charge is 2.30. The molecule has 1 aromatic rings. The van der Waals surface area contributed by atoms with Crippen molar-refractivity contribution in [1.82, 2.24) is 15.9 Å². The third-order valence-corrected chi connectivity index (χ3v) is 4.80. The number of hydrogen-bond donors (Lipinski definition) is 3. The van der Waals surface area contributed by atoms with Gasteiger partial charge in [0.25, 0.3) is 0 Å². The van der Waals surface area contributed by atoms with Crippen molar-refractivity contribution in [3.63, 3.8) is 0 Å². The van der Waals surface area contributed by atoms with E-state index >= 15 is 0 Å². The molecular formula is C25H33F2N3O7. The van der Waals surface area contributed by atoms with Gasteiger partial charge in [0.05, 0.1) is 19.8 Å². The highest BCUT2D eigenvalue weighted by molar-refractivity contribution is 5.95. The Bertz CT molecular complexity index is 1040. The minimum absolute atomic E-state index is 0.0333. The van der Waals surface area contributed by atoms with E-state index < -0.39 is 65.8 Å². The Morgan fingerprint density at radius 2 is 1.73 bits per heavy atom. The van der Waals surface area contributed by atoms with Crippen molar-refractivity contribution in [2.24, 2.45) is 5.92 Å². The molecule has 1 aromatic carbocycles. The van der Waals surface area contributed by atoms with E-state index in [0.29, 0.717) is 5.31 Å².